The Morgan fingerprint density at radius 1 is 1.21 bits per heavy atom. The van der Waals surface area contributed by atoms with Crippen molar-refractivity contribution in [2.75, 3.05) is 5.73 Å². The van der Waals surface area contributed by atoms with Gasteiger partial charge in [0.15, 0.2) is 5.82 Å². The van der Waals surface area contributed by atoms with E-state index in [0.29, 0.717) is 12.4 Å². The van der Waals surface area contributed by atoms with E-state index >= 15 is 0 Å². The van der Waals surface area contributed by atoms with Gasteiger partial charge < -0.3 is 10.6 Å². The van der Waals surface area contributed by atoms with Crippen LogP contribution in [0.1, 0.15) is 5.56 Å². The average Bonchev–Trinajstić information content (AvgIpc) is 2.63. The zero-order valence-corrected chi connectivity index (χ0v) is 7.63. The summed E-state index contributed by atoms with van der Waals surface area (Å²) in [4.78, 5) is 6.66. The van der Waals surface area contributed by atoms with E-state index in [2.05, 4.69) is 5.10 Å². The van der Waals surface area contributed by atoms with Gasteiger partial charge in [-0.2, -0.15) is 0 Å². The second-order valence-corrected chi connectivity index (χ2v) is 2.89. The minimum Gasteiger partial charge on any atom is -0.390 e. The Morgan fingerprint density at radius 2 is 2.00 bits per heavy atom. The van der Waals surface area contributed by atoms with E-state index in [-0.39, 0.29) is 0 Å². The molecule has 0 amide bonds. The molecule has 4 heteroatoms. The molecular weight excluding hydrogens is 178 g/mol. The molecule has 0 fully saturated rings. The van der Waals surface area contributed by atoms with Gasteiger partial charge in [-0.05, 0) is 5.56 Å². The zero-order chi connectivity index (χ0) is 9.80. The number of hydrogen-bond acceptors (Lipinski definition) is 3. The smallest absolute Gasteiger partial charge is 0.163 e. The lowest BCUT2D eigenvalue weighted by Crippen LogP contribution is -2.14. The summed E-state index contributed by atoms with van der Waals surface area (Å²) in [5.74, 6) is 0.501. The lowest BCUT2D eigenvalue weighted by atomic mass is 10.2. The van der Waals surface area contributed by atoms with E-state index in [1.807, 2.05) is 30.3 Å². The standard InChI is InChI=1S/C10H11N3O/c11-10-6-7-12-13(10)14-8-9-4-2-1-3-5-9/h1-7H,8,11H2. The monoisotopic (exact) mass is 189 g/mol. The minimum atomic E-state index is 0.465. The first-order valence-corrected chi connectivity index (χ1v) is 4.33. The summed E-state index contributed by atoms with van der Waals surface area (Å²) in [7, 11) is 0. The maximum atomic E-state index is 5.58. The van der Waals surface area contributed by atoms with Crippen LogP contribution in [0.2, 0.25) is 0 Å². The quantitative estimate of drug-likeness (QED) is 0.786. The predicted molar refractivity (Wildman–Crippen MR) is 53.4 cm³/mol. The molecule has 72 valence electrons. The van der Waals surface area contributed by atoms with Crippen LogP contribution in [0, 0.1) is 0 Å². The van der Waals surface area contributed by atoms with Crippen LogP contribution in [-0.2, 0) is 6.61 Å². The van der Waals surface area contributed by atoms with Crippen molar-refractivity contribution in [2.24, 2.45) is 0 Å². The molecule has 0 atom stereocenters. The molecule has 4 nitrogen and oxygen atoms in total. The predicted octanol–water partition coefficient (Wildman–Crippen LogP) is 1.09. The van der Waals surface area contributed by atoms with Crippen molar-refractivity contribution >= 4 is 5.82 Å². The summed E-state index contributed by atoms with van der Waals surface area (Å²) < 4.78 is 0. The highest BCUT2D eigenvalue weighted by atomic mass is 16.7. The maximum Gasteiger partial charge on any atom is 0.163 e. The van der Waals surface area contributed by atoms with Crippen LogP contribution in [0.3, 0.4) is 0 Å². The molecule has 0 unspecified atom stereocenters. The van der Waals surface area contributed by atoms with Crippen molar-refractivity contribution in [3.63, 3.8) is 0 Å². The van der Waals surface area contributed by atoms with E-state index in [9.17, 15) is 0 Å². The maximum absolute atomic E-state index is 5.58. The fraction of sp³-hybridized carbons (Fsp3) is 0.100. The molecule has 1 aromatic carbocycles. The van der Waals surface area contributed by atoms with Crippen molar-refractivity contribution in [3.8, 4) is 0 Å². The van der Waals surface area contributed by atoms with Crippen molar-refractivity contribution < 1.29 is 4.84 Å². The third kappa shape index (κ3) is 1.85. The lowest BCUT2D eigenvalue weighted by Gasteiger charge is -2.05. The van der Waals surface area contributed by atoms with Gasteiger partial charge in [0, 0.05) is 6.07 Å². The Kier molecular flexibility index (Phi) is 2.36. The summed E-state index contributed by atoms with van der Waals surface area (Å²) in [5.41, 5.74) is 6.67. The molecule has 0 bridgehead atoms. The van der Waals surface area contributed by atoms with Gasteiger partial charge in [0.25, 0.3) is 0 Å². The summed E-state index contributed by atoms with van der Waals surface area (Å²) in [6.07, 6.45) is 1.60. The fourth-order valence-electron chi connectivity index (χ4n) is 1.12. The van der Waals surface area contributed by atoms with Crippen molar-refractivity contribution in [3.05, 3.63) is 48.2 Å². The molecule has 0 spiro atoms. The topological polar surface area (TPSA) is 53.1 Å². The molecule has 2 aromatic rings. The van der Waals surface area contributed by atoms with Gasteiger partial charge in [-0.15, -0.1) is 5.10 Å². The minimum absolute atomic E-state index is 0.465. The highest BCUT2D eigenvalue weighted by Gasteiger charge is 1.97. The van der Waals surface area contributed by atoms with E-state index in [1.54, 1.807) is 12.3 Å². The first-order chi connectivity index (χ1) is 6.86. The Hall–Kier alpha value is -1.97. The summed E-state index contributed by atoms with van der Waals surface area (Å²) in [6, 6.07) is 11.5. The molecule has 0 aliphatic carbocycles. The lowest BCUT2D eigenvalue weighted by molar-refractivity contribution is 0.0748. The second kappa shape index (κ2) is 3.83. The first-order valence-electron chi connectivity index (χ1n) is 4.33. The number of hydrogen-bond donors (Lipinski definition) is 1. The normalized spacial score (nSPS) is 10.0. The summed E-state index contributed by atoms with van der Waals surface area (Å²) >= 11 is 0. The molecule has 1 heterocycles. The third-order valence-electron chi connectivity index (χ3n) is 1.83. The molecule has 0 aliphatic rings. The Labute approximate surface area is 81.9 Å². The van der Waals surface area contributed by atoms with Crippen LogP contribution in [-0.4, -0.2) is 9.94 Å². The Balaban J connectivity index is 1.99. The van der Waals surface area contributed by atoms with E-state index in [1.165, 1.54) is 4.85 Å². The van der Waals surface area contributed by atoms with Crippen LogP contribution in [0.4, 0.5) is 5.82 Å². The van der Waals surface area contributed by atoms with Gasteiger partial charge in [-0.1, -0.05) is 35.2 Å². The molecule has 0 saturated heterocycles. The Bertz CT molecular complexity index is 397. The molecule has 0 radical (unpaired) electrons. The van der Waals surface area contributed by atoms with Gasteiger partial charge in [-0.25, -0.2) is 0 Å². The van der Waals surface area contributed by atoms with Gasteiger partial charge in [0.1, 0.15) is 6.61 Å². The molecule has 2 N–H and O–H groups in total. The number of benzene rings is 1. The van der Waals surface area contributed by atoms with Crippen LogP contribution < -0.4 is 10.6 Å². The van der Waals surface area contributed by atoms with Crippen molar-refractivity contribution in [1.29, 1.82) is 0 Å². The molecule has 0 saturated carbocycles. The first kappa shape index (κ1) is 8.62. The zero-order valence-electron chi connectivity index (χ0n) is 7.63. The number of nitrogen functional groups attached to an aromatic ring is 1. The Morgan fingerprint density at radius 3 is 2.64 bits per heavy atom. The summed E-state index contributed by atoms with van der Waals surface area (Å²) in [6.45, 7) is 0.465. The molecule has 1 aromatic heterocycles. The summed E-state index contributed by atoms with van der Waals surface area (Å²) in [5, 5.41) is 3.90. The number of nitrogens with zero attached hydrogens (tertiary/aromatic N) is 2. The second-order valence-electron chi connectivity index (χ2n) is 2.89. The van der Waals surface area contributed by atoms with E-state index in [0.717, 1.165) is 5.56 Å². The van der Waals surface area contributed by atoms with Crippen LogP contribution >= 0.6 is 0 Å². The molecule has 2 rings (SSSR count). The van der Waals surface area contributed by atoms with E-state index < -0.39 is 0 Å². The number of aromatic nitrogens is 2. The largest absolute Gasteiger partial charge is 0.390 e. The van der Waals surface area contributed by atoms with Gasteiger partial charge >= 0.3 is 0 Å². The highest BCUT2D eigenvalue weighted by molar-refractivity contribution is 5.24. The third-order valence-corrected chi connectivity index (χ3v) is 1.83. The SMILES string of the molecule is Nc1ccnn1OCc1ccccc1. The highest BCUT2D eigenvalue weighted by Crippen LogP contribution is 2.01. The van der Waals surface area contributed by atoms with Crippen molar-refractivity contribution in [2.45, 2.75) is 6.61 Å². The van der Waals surface area contributed by atoms with Crippen molar-refractivity contribution in [1.82, 2.24) is 9.94 Å². The number of nitrogens with two attached hydrogens (primary N) is 1. The number of rotatable bonds is 3. The van der Waals surface area contributed by atoms with Gasteiger partial charge in [0.05, 0.1) is 6.20 Å². The van der Waals surface area contributed by atoms with Crippen LogP contribution in [0.25, 0.3) is 0 Å². The molecular formula is C10H11N3O. The van der Waals surface area contributed by atoms with Gasteiger partial charge in [-0.3, -0.25) is 0 Å². The fourth-order valence-corrected chi connectivity index (χ4v) is 1.12. The average molecular weight is 189 g/mol. The van der Waals surface area contributed by atoms with Crippen LogP contribution in [0.15, 0.2) is 42.6 Å². The van der Waals surface area contributed by atoms with Crippen LogP contribution in [0.5, 0.6) is 0 Å². The molecule has 14 heavy (non-hydrogen) atoms. The number of anilines is 1. The molecule has 0 aliphatic heterocycles. The van der Waals surface area contributed by atoms with E-state index in [4.69, 9.17) is 10.6 Å². The van der Waals surface area contributed by atoms with Gasteiger partial charge in [0.2, 0.25) is 0 Å².